The first-order valence-electron chi connectivity index (χ1n) is 9.00. The van der Waals surface area contributed by atoms with E-state index >= 15 is 0 Å². The van der Waals surface area contributed by atoms with Gasteiger partial charge >= 0.3 is 18.1 Å². The van der Waals surface area contributed by atoms with Crippen molar-refractivity contribution in [1.82, 2.24) is 10.2 Å². The van der Waals surface area contributed by atoms with E-state index in [9.17, 15) is 14.4 Å². The second-order valence-electron chi connectivity index (χ2n) is 7.63. The molecule has 1 aromatic carbocycles. The molecule has 2 rings (SSSR count). The van der Waals surface area contributed by atoms with Gasteiger partial charge in [-0.25, -0.2) is 14.4 Å². The number of ether oxygens (including phenoxy) is 1. The molecule has 0 radical (unpaired) electrons. The number of benzene rings is 1. The van der Waals surface area contributed by atoms with Crippen molar-refractivity contribution >= 4 is 23.8 Å². The highest BCUT2D eigenvalue weighted by Crippen LogP contribution is 2.19. The monoisotopic (exact) mass is 377 g/mol. The Kier molecular flexibility index (Phi) is 6.65. The van der Waals surface area contributed by atoms with Crippen molar-refractivity contribution in [2.45, 2.75) is 39.2 Å². The molecule has 1 aromatic rings. The van der Waals surface area contributed by atoms with Crippen LogP contribution in [0.3, 0.4) is 0 Å². The molecule has 148 valence electrons. The molecule has 0 bridgehead atoms. The molecule has 1 fully saturated rings. The summed E-state index contributed by atoms with van der Waals surface area (Å²) in [5, 5.41) is 14.4. The zero-order valence-electron chi connectivity index (χ0n) is 15.9. The van der Waals surface area contributed by atoms with Gasteiger partial charge in [0, 0.05) is 25.3 Å². The summed E-state index contributed by atoms with van der Waals surface area (Å²) >= 11 is 0. The fraction of sp³-hybridized carbons (Fsp3) is 0.526. The van der Waals surface area contributed by atoms with Gasteiger partial charge in [0.15, 0.2) is 0 Å². The zero-order chi connectivity index (χ0) is 20.0. The van der Waals surface area contributed by atoms with E-state index in [1.54, 1.807) is 17.0 Å². The maximum atomic E-state index is 12.0. The molecule has 0 aliphatic carbocycles. The first kappa shape index (κ1) is 20.5. The SMILES string of the molecule is CC(C)(C)OC(=O)N1CCC(CNC(=O)Nc2cccc(C(=O)O)c2)CC1. The second-order valence-corrected chi connectivity index (χ2v) is 7.63. The highest BCUT2D eigenvalue weighted by Gasteiger charge is 2.26. The van der Waals surface area contributed by atoms with Crippen LogP contribution in [0.1, 0.15) is 44.0 Å². The van der Waals surface area contributed by atoms with Gasteiger partial charge in [0.25, 0.3) is 0 Å². The Hall–Kier alpha value is -2.77. The molecule has 0 unspecified atom stereocenters. The number of carboxylic acid groups (broad SMARTS) is 1. The molecule has 0 spiro atoms. The second kappa shape index (κ2) is 8.75. The van der Waals surface area contributed by atoms with Crippen molar-refractivity contribution in [2.75, 3.05) is 25.0 Å². The standard InChI is InChI=1S/C19H27N3O5/c1-19(2,3)27-18(26)22-9-7-13(8-10-22)12-20-17(25)21-15-6-4-5-14(11-15)16(23)24/h4-6,11,13H,7-10,12H2,1-3H3,(H,23,24)(H2,20,21,25). The number of nitrogens with zero attached hydrogens (tertiary/aromatic N) is 1. The Morgan fingerprint density at radius 2 is 1.89 bits per heavy atom. The minimum absolute atomic E-state index is 0.113. The number of rotatable bonds is 4. The number of aromatic carboxylic acids is 1. The number of carbonyl (C=O) groups excluding carboxylic acids is 2. The molecule has 1 heterocycles. The lowest BCUT2D eigenvalue weighted by Gasteiger charge is -2.33. The van der Waals surface area contributed by atoms with Crippen LogP contribution in [-0.4, -0.2) is 53.3 Å². The lowest BCUT2D eigenvalue weighted by molar-refractivity contribution is 0.0184. The maximum absolute atomic E-state index is 12.0. The number of nitrogens with one attached hydrogen (secondary N) is 2. The van der Waals surface area contributed by atoms with E-state index in [0.717, 1.165) is 12.8 Å². The van der Waals surface area contributed by atoms with Gasteiger partial charge in [-0.15, -0.1) is 0 Å². The van der Waals surface area contributed by atoms with Crippen LogP contribution in [0.25, 0.3) is 0 Å². The van der Waals surface area contributed by atoms with Gasteiger partial charge in [-0.05, 0) is 57.7 Å². The van der Waals surface area contributed by atoms with Gasteiger partial charge in [-0.2, -0.15) is 0 Å². The lowest BCUT2D eigenvalue weighted by atomic mass is 9.97. The third kappa shape index (κ3) is 6.80. The molecule has 3 N–H and O–H groups in total. The predicted octanol–water partition coefficient (Wildman–Crippen LogP) is 3.15. The van der Waals surface area contributed by atoms with Crippen LogP contribution < -0.4 is 10.6 Å². The van der Waals surface area contributed by atoms with Gasteiger partial charge in [0.2, 0.25) is 0 Å². The van der Waals surface area contributed by atoms with Crippen molar-refractivity contribution in [2.24, 2.45) is 5.92 Å². The van der Waals surface area contributed by atoms with Crippen molar-refractivity contribution in [3.8, 4) is 0 Å². The number of hydrogen-bond donors (Lipinski definition) is 3. The number of likely N-dealkylation sites (tertiary alicyclic amines) is 1. The quantitative estimate of drug-likeness (QED) is 0.747. The summed E-state index contributed by atoms with van der Waals surface area (Å²) in [5.74, 6) is -0.768. The van der Waals surface area contributed by atoms with Gasteiger partial charge in [-0.1, -0.05) is 6.07 Å². The van der Waals surface area contributed by atoms with E-state index in [1.165, 1.54) is 12.1 Å². The molecule has 0 saturated carbocycles. The van der Waals surface area contributed by atoms with Crippen LogP contribution in [-0.2, 0) is 4.74 Å². The number of hydrogen-bond acceptors (Lipinski definition) is 4. The number of anilines is 1. The van der Waals surface area contributed by atoms with Crippen LogP contribution >= 0.6 is 0 Å². The third-order valence-corrected chi connectivity index (χ3v) is 4.18. The van der Waals surface area contributed by atoms with Crippen LogP contribution in [0.15, 0.2) is 24.3 Å². The Morgan fingerprint density at radius 1 is 1.22 bits per heavy atom. The summed E-state index contributed by atoms with van der Waals surface area (Å²) in [6, 6.07) is 5.69. The van der Waals surface area contributed by atoms with Crippen molar-refractivity contribution in [3.63, 3.8) is 0 Å². The number of piperidine rings is 1. The van der Waals surface area contributed by atoms with E-state index in [2.05, 4.69) is 10.6 Å². The molecule has 1 aliphatic rings. The van der Waals surface area contributed by atoms with Crippen molar-refractivity contribution < 1.29 is 24.2 Å². The molecule has 3 amide bonds. The summed E-state index contributed by atoms with van der Waals surface area (Å²) in [7, 11) is 0. The minimum atomic E-state index is -1.05. The van der Waals surface area contributed by atoms with E-state index in [-0.39, 0.29) is 23.6 Å². The van der Waals surface area contributed by atoms with Gasteiger partial charge < -0.3 is 25.4 Å². The lowest BCUT2D eigenvalue weighted by Crippen LogP contribution is -2.44. The highest BCUT2D eigenvalue weighted by molar-refractivity contribution is 5.93. The average molecular weight is 377 g/mol. The van der Waals surface area contributed by atoms with Crippen LogP contribution in [0.4, 0.5) is 15.3 Å². The van der Waals surface area contributed by atoms with Crippen LogP contribution in [0.2, 0.25) is 0 Å². The summed E-state index contributed by atoms with van der Waals surface area (Å²) in [6.45, 7) is 7.21. The Balaban J connectivity index is 1.73. The largest absolute Gasteiger partial charge is 0.478 e. The van der Waals surface area contributed by atoms with Gasteiger partial charge in [0.05, 0.1) is 5.56 Å². The fourth-order valence-corrected chi connectivity index (χ4v) is 2.79. The topological polar surface area (TPSA) is 108 Å². The van der Waals surface area contributed by atoms with E-state index in [1.807, 2.05) is 20.8 Å². The fourth-order valence-electron chi connectivity index (χ4n) is 2.79. The molecule has 27 heavy (non-hydrogen) atoms. The molecular formula is C19H27N3O5. The summed E-state index contributed by atoms with van der Waals surface area (Å²) in [6.07, 6.45) is 1.27. The maximum Gasteiger partial charge on any atom is 0.410 e. The normalized spacial score (nSPS) is 15.1. The first-order chi connectivity index (χ1) is 12.6. The molecule has 1 saturated heterocycles. The van der Waals surface area contributed by atoms with E-state index in [4.69, 9.17) is 9.84 Å². The summed E-state index contributed by atoms with van der Waals surface area (Å²) in [5.41, 5.74) is 0.0281. The van der Waals surface area contributed by atoms with Gasteiger partial charge in [-0.3, -0.25) is 0 Å². The molecule has 0 aromatic heterocycles. The summed E-state index contributed by atoms with van der Waals surface area (Å²) < 4.78 is 5.37. The molecular weight excluding hydrogens is 350 g/mol. The smallest absolute Gasteiger partial charge is 0.410 e. The summed E-state index contributed by atoms with van der Waals surface area (Å²) in [4.78, 5) is 36.7. The third-order valence-electron chi connectivity index (χ3n) is 4.18. The van der Waals surface area contributed by atoms with E-state index in [0.29, 0.717) is 25.3 Å². The Bertz CT molecular complexity index is 691. The Morgan fingerprint density at radius 3 is 2.48 bits per heavy atom. The number of amides is 3. The van der Waals surface area contributed by atoms with Gasteiger partial charge in [0.1, 0.15) is 5.60 Å². The van der Waals surface area contributed by atoms with Crippen LogP contribution in [0.5, 0.6) is 0 Å². The highest BCUT2D eigenvalue weighted by atomic mass is 16.6. The minimum Gasteiger partial charge on any atom is -0.478 e. The Labute approximate surface area is 158 Å². The van der Waals surface area contributed by atoms with E-state index < -0.39 is 11.6 Å². The molecule has 0 atom stereocenters. The van der Waals surface area contributed by atoms with Crippen molar-refractivity contribution in [1.29, 1.82) is 0 Å². The first-order valence-corrected chi connectivity index (χ1v) is 9.00. The molecule has 1 aliphatic heterocycles. The molecule has 8 heteroatoms. The van der Waals surface area contributed by atoms with Crippen molar-refractivity contribution in [3.05, 3.63) is 29.8 Å². The number of carbonyl (C=O) groups is 3. The zero-order valence-corrected chi connectivity index (χ0v) is 15.9. The number of urea groups is 1. The molecule has 8 nitrogen and oxygen atoms in total. The van der Waals surface area contributed by atoms with Crippen LogP contribution in [0, 0.1) is 5.92 Å². The average Bonchev–Trinajstić information content (AvgIpc) is 2.59. The number of carboxylic acids is 1. The predicted molar refractivity (Wildman–Crippen MR) is 101 cm³/mol.